The van der Waals surface area contributed by atoms with Crippen LogP contribution >= 0.6 is 0 Å². The van der Waals surface area contributed by atoms with Gasteiger partial charge in [-0.25, -0.2) is 4.98 Å². The van der Waals surface area contributed by atoms with E-state index < -0.39 is 0 Å². The van der Waals surface area contributed by atoms with Crippen LogP contribution in [0.3, 0.4) is 0 Å². The van der Waals surface area contributed by atoms with Crippen LogP contribution in [0.1, 0.15) is 30.9 Å². The second kappa shape index (κ2) is 5.41. The average Bonchev–Trinajstić information content (AvgIpc) is 2.46. The lowest BCUT2D eigenvalue weighted by Crippen LogP contribution is -2.44. The quantitative estimate of drug-likeness (QED) is 0.908. The summed E-state index contributed by atoms with van der Waals surface area (Å²) in [6.07, 6.45) is 0. The highest BCUT2D eigenvalue weighted by molar-refractivity contribution is 5.85. The summed E-state index contributed by atoms with van der Waals surface area (Å²) in [6, 6.07) is 8.80. The van der Waals surface area contributed by atoms with Gasteiger partial charge in [-0.2, -0.15) is 0 Å². The SMILES string of the molecule is Cc1cc2cccc(C(C)C)c2nc1N1CCNCC1. The zero-order chi connectivity index (χ0) is 14.1. The molecule has 1 saturated heterocycles. The van der Waals surface area contributed by atoms with Crippen molar-refractivity contribution >= 4 is 16.7 Å². The van der Waals surface area contributed by atoms with Crippen LogP contribution in [-0.2, 0) is 0 Å². The van der Waals surface area contributed by atoms with Gasteiger partial charge in [-0.1, -0.05) is 32.0 Å². The van der Waals surface area contributed by atoms with Crippen LogP contribution in [0.15, 0.2) is 24.3 Å². The van der Waals surface area contributed by atoms with E-state index in [2.05, 4.69) is 55.3 Å². The van der Waals surface area contributed by atoms with Crippen molar-refractivity contribution in [1.29, 1.82) is 0 Å². The first-order valence-corrected chi connectivity index (χ1v) is 7.53. The molecule has 1 N–H and O–H groups in total. The van der Waals surface area contributed by atoms with E-state index in [4.69, 9.17) is 4.98 Å². The Labute approximate surface area is 121 Å². The fourth-order valence-corrected chi connectivity index (χ4v) is 2.98. The molecule has 2 aromatic rings. The molecule has 3 rings (SSSR count). The lowest BCUT2D eigenvalue weighted by molar-refractivity contribution is 0.584. The number of benzene rings is 1. The summed E-state index contributed by atoms with van der Waals surface area (Å²) in [5.74, 6) is 1.66. The van der Waals surface area contributed by atoms with Crippen LogP contribution in [0.4, 0.5) is 5.82 Å². The van der Waals surface area contributed by atoms with Gasteiger partial charge in [-0.3, -0.25) is 0 Å². The third-order valence-corrected chi connectivity index (χ3v) is 4.08. The average molecular weight is 269 g/mol. The molecule has 1 aromatic carbocycles. The fraction of sp³-hybridized carbons (Fsp3) is 0.471. The van der Waals surface area contributed by atoms with Crippen molar-refractivity contribution in [2.45, 2.75) is 26.7 Å². The van der Waals surface area contributed by atoms with Crippen molar-refractivity contribution < 1.29 is 0 Å². The van der Waals surface area contributed by atoms with E-state index in [1.54, 1.807) is 0 Å². The number of nitrogens with zero attached hydrogens (tertiary/aromatic N) is 2. The lowest BCUT2D eigenvalue weighted by Gasteiger charge is -2.30. The van der Waals surface area contributed by atoms with Crippen molar-refractivity contribution in [3.05, 3.63) is 35.4 Å². The summed E-state index contributed by atoms with van der Waals surface area (Å²) in [5, 5.41) is 4.66. The molecule has 2 heterocycles. The van der Waals surface area contributed by atoms with Crippen LogP contribution in [0.25, 0.3) is 10.9 Å². The van der Waals surface area contributed by atoms with E-state index in [1.807, 2.05) is 0 Å². The van der Waals surface area contributed by atoms with Crippen molar-refractivity contribution in [2.24, 2.45) is 0 Å². The molecule has 1 aromatic heterocycles. The molecule has 1 aliphatic heterocycles. The van der Waals surface area contributed by atoms with Gasteiger partial charge < -0.3 is 10.2 Å². The predicted octanol–water partition coefficient (Wildman–Crippen LogP) is 3.08. The number of aromatic nitrogens is 1. The van der Waals surface area contributed by atoms with Crippen LogP contribution < -0.4 is 10.2 Å². The highest BCUT2D eigenvalue weighted by Gasteiger charge is 2.16. The van der Waals surface area contributed by atoms with Gasteiger partial charge in [0.15, 0.2) is 0 Å². The summed E-state index contributed by atoms with van der Waals surface area (Å²) in [6.45, 7) is 10.8. The van der Waals surface area contributed by atoms with Crippen LogP contribution in [0.5, 0.6) is 0 Å². The summed E-state index contributed by atoms with van der Waals surface area (Å²) in [7, 11) is 0. The minimum atomic E-state index is 0.504. The van der Waals surface area contributed by atoms with Gasteiger partial charge in [0.2, 0.25) is 0 Å². The van der Waals surface area contributed by atoms with Gasteiger partial charge >= 0.3 is 0 Å². The fourth-order valence-electron chi connectivity index (χ4n) is 2.98. The maximum atomic E-state index is 5.02. The van der Waals surface area contributed by atoms with Gasteiger partial charge in [0.05, 0.1) is 5.52 Å². The number of pyridine rings is 1. The van der Waals surface area contributed by atoms with Crippen molar-refractivity contribution in [2.75, 3.05) is 31.1 Å². The van der Waals surface area contributed by atoms with Gasteiger partial charge in [0.25, 0.3) is 0 Å². The molecular formula is C17H23N3. The van der Waals surface area contributed by atoms with E-state index in [1.165, 1.54) is 22.0 Å². The zero-order valence-electron chi connectivity index (χ0n) is 12.6. The molecule has 3 nitrogen and oxygen atoms in total. The lowest BCUT2D eigenvalue weighted by atomic mass is 9.99. The van der Waals surface area contributed by atoms with Crippen molar-refractivity contribution in [1.82, 2.24) is 10.3 Å². The minimum absolute atomic E-state index is 0.504. The Morgan fingerprint density at radius 3 is 2.65 bits per heavy atom. The first kappa shape index (κ1) is 13.4. The Hall–Kier alpha value is -1.61. The number of hydrogen-bond donors (Lipinski definition) is 1. The predicted molar refractivity (Wildman–Crippen MR) is 85.7 cm³/mol. The Morgan fingerprint density at radius 1 is 1.20 bits per heavy atom. The number of nitrogens with one attached hydrogen (secondary N) is 1. The van der Waals surface area contributed by atoms with E-state index in [0.717, 1.165) is 32.0 Å². The summed E-state index contributed by atoms with van der Waals surface area (Å²) in [4.78, 5) is 7.42. The molecule has 0 radical (unpaired) electrons. The topological polar surface area (TPSA) is 28.2 Å². The summed E-state index contributed by atoms with van der Waals surface area (Å²) in [5.41, 5.74) is 3.79. The molecule has 1 fully saturated rings. The van der Waals surface area contributed by atoms with Crippen molar-refractivity contribution in [3.8, 4) is 0 Å². The Morgan fingerprint density at radius 2 is 1.95 bits per heavy atom. The molecule has 1 aliphatic rings. The Bertz CT molecular complexity index is 613. The second-order valence-corrected chi connectivity index (χ2v) is 5.94. The molecule has 0 unspecified atom stereocenters. The van der Waals surface area contributed by atoms with Gasteiger partial charge in [0.1, 0.15) is 5.82 Å². The molecule has 0 amide bonds. The van der Waals surface area contributed by atoms with Crippen molar-refractivity contribution in [3.63, 3.8) is 0 Å². The molecule has 106 valence electrons. The summed E-state index contributed by atoms with van der Waals surface area (Å²) >= 11 is 0. The number of anilines is 1. The highest BCUT2D eigenvalue weighted by atomic mass is 15.2. The Kier molecular flexibility index (Phi) is 3.62. The molecule has 0 saturated carbocycles. The first-order chi connectivity index (χ1) is 9.66. The molecule has 0 aliphatic carbocycles. The third kappa shape index (κ3) is 2.38. The molecule has 0 atom stereocenters. The van der Waals surface area contributed by atoms with E-state index >= 15 is 0 Å². The number of rotatable bonds is 2. The third-order valence-electron chi connectivity index (χ3n) is 4.08. The highest BCUT2D eigenvalue weighted by Crippen LogP contribution is 2.28. The molecule has 0 spiro atoms. The summed E-state index contributed by atoms with van der Waals surface area (Å²) < 4.78 is 0. The number of fused-ring (bicyclic) bond motifs is 1. The minimum Gasteiger partial charge on any atom is -0.354 e. The van der Waals surface area contributed by atoms with Gasteiger partial charge in [-0.05, 0) is 30.0 Å². The second-order valence-electron chi connectivity index (χ2n) is 5.94. The number of para-hydroxylation sites is 1. The molecule has 20 heavy (non-hydrogen) atoms. The maximum absolute atomic E-state index is 5.02. The van der Waals surface area contributed by atoms with Gasteiger partial charge in [0, 0.05) is 31.6 Å². The van der Waals surface area contributed by atoms with Crippen LogP contribution in [0, 0.1) is 6.92 Å². The zero-order valence-corrected chi connectivity index (χ0v) is 12.6. The van der Waals surface area contributed by atoms with Gasteiger partial charge in [-0.15, -0.1) is 0 Å². The van der Waals surface area contributed by atoms with Crippen LogP contribution in [-0.4, -0.2) is 31.2 Å². The molecule has 3 heteroatoms. The monoisotopic (exact) mass is 269 g/mol. The van der Waals surface area contributed by atoms with E-state index in [-0.39, 0.29) is 0 Å². The van der Waals surface area contributed by atoms with E-state index in [9.17, 15) is 0 Å². The first-order valence-electron chi connectivity index (χ1n) is 7.53. The molecule has 0 bridgehead atoms. The number of hydrogen-bond acceptors (Lipinski definition) is 3. The largest absolute Gasteiger partial charge is 0.354 e. The molecular weight excluding hydrogens is 246 g/mol. The smallest absolute Gasteiger partial charge is 0.132 e. The number of piperazine rings is 1. The normalized spacial score (nSPS) is 16.1. The Balaban J connectivity index is 2.13. The number of aryl methyl sites for hydroxylation is 1. The standard InChI is InChI=1S/C17H23N3/c1-12(2)15-6-4-5-14-11-13(3)17(19-16(14)15)20-9-7-18-8-10-20/h4-6,11-12,18H,7-10H2,1-3H3. The van der Waals surface area contributed by atoms with E-state index in [0.29, 0.717) is 5.92 Å². The van der Waals surface area contributed by atoms with Crippen LogP contribution in [0.2, 0.25) is 0 Å². The maximum Gasteiger partial charge on any atom is 0.132 e.